The summed E-state index contributed by atoms with van der Waals surface area (Å²) in [6.07, 6.45) is 4.70. The molecule has 0 spiro atoms. The van der Waals surface area contributed by atoms with E-state index in [-0.39, 0.29) is 0 Å². The first-order valence-corrected chi connectivity index (χ1v) is 6.62. The molecule has 1 aromatic carbocycles. The molecule has 3 nitrogen and oxygen atoms in total. The van der Waals surface area contributed by atoms with Gasteiger partial charge in [0, 0.05) is 17.6 Å². The standard InChI is InChI=1S/C15H23N2O/c1-15(2,16)13-10-12(6-7-14(13)18)11-17-8-4-3-5-9-17/h3,6-7,10,18H,4-5,8-9,11,16H2,1-2H3. The molecular formula is C15H23N2O. The highest BCUT2D eigenvalue weighted by atomic mass is 16.3. The summed E-state index contributed by atoms with van der Waals surface area (Å²) in [5.74, 6) is 0.290. The van der Waals surface area contributed by atoms with Crippen LogP contribution in [0.25, 0.3) is 0 Å². The molecule has 2 rings (SSSR count). The second kappa shape index (κ2) is 5.29. The Balaban J connectivity index is 2.14. The fourth-order valence-electron chi connectivity index (χ4n) is 2.42. The minimum atomic E-state index is -0.504. The molecule has 99 valence electrons. The number of nitrogens with zero attached hydrogens (tertiary/aromatic N) is 1. The molecule has 0 atom stereocenters. The lowest BCUT2D eigenvalue weighted by molar-refractivity contribution is 0.246. The van der Waals surface area contributed by atoms with Crippen LogP contribution >= 0.6 is 0 Å². The number of aromatic hydroxyl groups is 1. The molecule has 3 N–H and O–H groups in total. The van der Waals surface area contributed by atoms with Crippen LogP contribution in [0.3, 0.4) is 0 Å². The predicted octanol–water partition coefficient (Wildman–Crippen LogP) is 2.39. The lowest BCUT2D eigenvalue weighted by atomic mass is 9.93. The fraction of sp³-hybridized carbons (Fsp3) is 0.533. The Bertz CT molecular complexity index is 403. The van der Waals surface area contributed by atoms with Crippen molar-refractivity contribution in [1.82, 2.24) is 4.90 Å². The van der Waals surface area contributed by atoms with Crippen LogP contribution in [0.15, 0.2) is 18.2 Å². The highest BCUT2D eigenvalue weighted by molar-refractivity contribution is 5.40. The lowest BCUT2D eigenvalue weighted by Crippen LogP contribution is -2.31. The van der Waals surface area contributed by atoms with E-state index >= 15 is 0 Å². The first-order chi connectivity index (χ1) is 8.47. The molecule has 1 radical (unpaired) electrons. The Morgan fingerprint density at radius 1 is 1.28 bits per heavy atom. The van der Waals surface area contributed by atoms with Crippen molar-refractivity contribution in [1.29, 1.82) is 0 Å². The van der Waals surface area contributed by atoms with E-state index in [4.69, 9.17) is 5.73 Å². The number of hydrogen-bond acceptors (Lipinski definition) is 3. The Hall–Kier alpha value is -1.06. The summed E-state index contributed by atoms with van der Waals surface area (Å²) in [4.78, 5) is 2.44. The quantitative estimate of drug-likeness (QED) is 0.862. The zero-order valence-corrected chi connectivity index (χ0v) is 11.3. The van der Waals surface area contributed by atoms with E-state index in [0.29, 0.717) is 5.75 Å². The average molecular weight is 247 g/mol. The van der Waals surface area contributed by atoms with Gasteiger partial charge in [0.05, 0.1) is 0 Å². The molecule has 3 heteroatoms. The molecule has 0 saturated carbocycles. The summed E-state index contributed by atoms with van der Waals surface area (Å²) in [5.41, 5.74) is 7.62. The van der Waals surface area contributed by atoms with E-state index in [2.05, 4.69) is 11.3 Å². The monoisotopic (exact) mass is 247 g/mol. The van der Waals surface area contributed by atoms with Crippen molar-refractivity contribution in [2.75, 3.05) is 13.1 Å². The molecule has 0 unspecified atom stereocenters. The Morgan fingerprint density at radius 3 is 2.56 bits per heavy atom. The van der Waals surface area contributed by atoms with Crippen molar-refractivity contribution in [2.24, 2.45) is 5.73 Å². The molecule has 1 aliphatic heterocycles. The van der Waals surface area contributed by atoms with Gasteiger partial charge in [-0.3, -0.25) is 4.90 Å². The maximum absolute atomic E-state index is 9.88. The van der Waals surface area contributed by atoms with Crippen LogP contribution in [-0.2, 0) is 12.1 Å². The third kappa shape index (κ3) is 3.24. The lowest BCUT2D eigenvalue weighted by Gasteiger charge is -2.27. The van der Waals surface area contributed by atoms with Crippen LogP contribution < -0.4 is 5.73 Å². The zero-order valence-electron chi connectivity index (χ0n) is 11.3. The van der Waals surface area contributed by atoms with Gasteiger partial charge in [-0.15, -0.1) is 0 Å². The van der Waals surface area contributed by atoms with Crippen LogP contribution in [0.2, 0.25) is 0 Å². The van der Waals surface area contributed by atoms with Crippen molar-refractivity contribution in [3.8, 4) is 5.75 Å². The molecule has 1 saturated heterocycles. The summed E-state index contributed by atoms with van der Waals surface area (Å²) < 4.78 is 0. The number of likely N-dealkylation sites (tertiary alicyclic amines) is 1. The van der Waals surface area contributed by atoms with Gasteiger partial charge < -0.3 is 10.8 Å². The van der Waals surface area contributed by atoms with Crippen LogP contribution in [0.5, 0.6) is 5.75 Å². The number of benzene rings is 1. The van der Waals surface area contributed by atoms with Gasteiger partial charge in [-0.2, -0.15) is 0 Å². The highest BCUT2D eigenvalue weighted by Crippen LogP contribution is 2.28. The van der Waals surface area contributed by atoms with Crippen molar-refractivity contribution in [3.05, 3.63) is 35.7 Å². The molecule has 0 aliphatic carbocycles. The topological polar surface area (TPSA) is 49.5 Å². The first kappa shape index (κ1) is 13.4. The van der Waals surface area contributed by atoms with E-state index in [1.54, 1.807) is 6.07 Å². The van der Waals surface area contributed by atoms with Gasteiger partial charge >= 0.3 is 0 Å². The van der Waals surface area contributed by atoms with Gasteiger partial charge in [0.15, 0.2) is 0 Å². The number of phenols is 1. The maximum Gasteiger partial charge on any atom is 0.120 e. The Kier molecular flexibility index (Phi) is 3.93. The first-order valence-electron chi connectivity index (χ1n) is 6.62. The van der Waals surface area contributed by atoms with E-state index in [9.17, 15) is 5.11 Å². The number of phenolic OH excluding ortho intramolecular Hbond substituents is 1. The highest BCUT2D eigenvalue weighted by Gasteiger charge is 2.19. The Labute approximate surface area is 110 Å². The van der Waals surface area contributed by atoms with Crippen molar-refractivity contribution >= 4 is 0 Å². The van der Waals surface area contributed by atoms with E-state index in [0.717, 1.165) is 25.2 Å². The van der Waals surface area contributed by atoms with E-state index in [1.807, 2.05) is 26.0 Å². The number of hydrogen-bond donors (Lipinski definition) is 2. The minimum Gasteiger partial charge on any atom is -0.508 e. The average Bonchev–Trinajstić information content (AvgIpc) is 2.31. The summed E-state index contributed by atoms with van der Waals surface area (Å²) in [6, 6.07) is 5.78. The molecule has 1 aromatic rings. The van der Waals surface area contributed by atoms with Gasteiger partial charge in [-0.1, -0.05) is 6.07 Å². The molecule has 18 heavy (non-hydrogen) atoms. The SMILES string of the molecule is CC(C)(N)c1cc(CN2CC[CH]CC2)ccc1O. The summed E-state index contributed by atoms with van der Waals surface area (Å²) in [5, 5.41) is 9.88. The third-order valence-electron chi connectivity index (χ3n) is 3.46. The molecule has 1 aliphatic rings. The number of rotatable bonds is 3. The third-order valence-corrected chi connectivity index (χ3v) is 3.46. The second-order valence-corrected chi connectivity index (χ2v) is 5.72. The van der Waals surface area contributed by atoms with Crippen LogP contribution in [0, 0.1) is 6.42 Å². The molecule has 0 amide bonds. The number of nitrogens with two attached hydrogens (primary N) is 1. The van der Waals surface area contributed by atoms with Gasteiger partial charge in [0.25, 0.3) is 0 Å². The Morgan fingerprint density at radius 2 is 1.94 bits per heavy atom. The summed E-state index contributed by atoms with van der Waals surface area (Å²) in [7, 11) is 0. The van der Waals surface area contributed by atoms with E-state index in [1.165, 1.54) is 18.4 Å². The molecule has 0 bridgehead atoms. The van der Waals surface area contributed by atoms with Crippen LogP contribution in [-0.4, -0.2) is 23.1 Å². The smallest absolute Gasteiger partial charge is 0.120 e. The summed E-state index contributed by atoms with van der Waals surface area (Å²) >= 11 is 0. The van der Waals surface area contributed by atoms with Gasteiger partial charge in [-0.25, -0.2) is 0 Å². The van der Waals surface area contributed by atoms with E-state index < -0.39 is 5.54 Å². The minimum absolute atomic E-state index is 0.290. The second-order valence-electron chi connectivity index (χ2n) is 5.72. The molecule has 1 fully saturated rings. The van der Waals surface area contributed by atoms with Crippen molar-refractivity contribution < 1.29 is 5.11 Å². The number of piperidine rings is 1. The van der Waals surface area contributed by atoms with Crippen LogP contribution in [0.1, 0.15) is 37.8 Å². The fourth-order valence-corrected chi connectivity index (χ4v) is 2.42. The van der Waals surface area contributed by atoms with Gasteiger partial charge in [-0.05, 0) is 63.9 Å². The van der Waals surface area contributed by atoms with Crippen molar-refractivity contribution in [3.63, 3.8) is 0 Å². The predicted molar refractivity (Wildman–Crippen MR) is 74.1 cm³/mol. The largest absolute Gasteiger partial charge is 0.508 e. The van der Waals surface area contributed by atoms with Crippen molar-refractivity contribution in [2.45, 2.75) is 38.8 Å². The molecule has 1 heterocycles. The molecular weight excluding hydrogens is 224 g/mol. The van der Waals surface area contributed by atoms with Gasteiger partial charge in [0.2, 0.25) is 0 Å². The summed E-state index contributed by atoms with van der Waals surface area (Å²) in [6.45, 7) is 7.03. The van der Waals surface area contributed by atoms with Gasteiger partial charge in [0.1, 0.15) is 5.75 Å². The normalized spacial score (nSPS) is 17.9. The zero-order chi connectivity index (χ0) is 13.2. The molecule has 0 aromatic heterocycles. The van der Waals surface area contributed by atoms with Crippen LogP contribution in [0.4, 0.5) is 0 Å². The maximum atomic E-state index is 9.88.